The van der Waals surface area contributed by atoms with Crippen LogP contribution < -0.4 is 0 Å². The molecule has 23 heavy (non-hydrogen) atoms. The average Bonchev–Trinajstić information content (AvgIpc) is 2.88. The lowest BCUT2D eigenvalue weighted by molar-refractivity contribution is -0.132. The molecular weight excluding hydrogens is 284 g/mol. The lowest BCUT2D eigenvalue weighted by Crippen LogP contribution is -2.53. The van der Waals surface area contributed by atoms with Gasteiger partial charge in [0.2, 0.25) is 0 Å². The zero-order valence-corrected chi connectivity index (χ0v) is 14.8. The maximum atomic E-state index is 11.8. The van der Waals surface area contributed by atoms with E-state index in [2.05, 4.69) is 13.8 Å². The van der Waals surface area contributed by atoms with Crippen molar-refractivity contribution >= 4 is 5.78 Å². The van der Waals surface area contributed by atoms with Crippen LogP contribution in [0.4, 0.5) is 0 Å². The highest BCUT2D eigenvalue weighted by atomic mass is 16.3. The predicted molar refractivity (Wildman–Crippen MR) is 92.0 cm³/mol. The lowest BCUT2D eigenvalue weighted by atomic mass is 9.49. The van der Waals surface area contributed by atoms with Crippen LogP contribution in [-0.2, 0) is 4.79 Å². The Labute approximate surface area is 140 Å². The second-order valence-corrected chi connectivity index (χ2v) is 8.78. The topological polar surface area (TPSA) is 37.3 Å². The van der Waals surface area contributed by atoms with Gasteiger partial charge in [0, 0.05) is 11.8 Å². The molecule has 0 spiro atoms. The molecule has 0 aromatic heterocycles. The number of rotatable bonds is 2. The fraction of sp³-hybridized carbons (Fsp3) is 0.857. The van der Waals surface area contributed by atoms with Gasteiger partial charge in [0.15, 0.2) is 5.78 Å². The molecule has 1 N–H and O–H groups in total. The molecule has 3 saturated carbocycles. The Hall–Kier alpha value is -0.630. The second kappa shape index (κ2) is 5.44. The van der Waals surface area contributed by atoms with Gasteiger partial charge in [-0.25, -0.2) is 0 Å². The van der Waals surface area contributed by atoms with Crippen molar-refractivity contribution in [1.29, 1.82) is 0 Å². The van der Waals surface area contributed by atoms with Crippen molar-refractivity contribution in [3.63, 3.8) is 0 Å². The molecule has 2 nitrogen and oxygen atoms in total. The number of hydrogen-bond acceptors (Lipinski definition) is 2. The second-order valence-electron chi connectivity index (χ2n) is 8.78. The standard InChI is InChI=1S/C21H32O2/c1-3-20-11-9-17-16-8-6-15(22)13-14(16)5-7-18(17)19(20)10-12-21(20,23)4-2/h13,16-19,23H,3-12H2,1-2H3/t16-,17+,18+,19-,20?,21-/m0/s1. The van der Waals surface area contributed by atoms with Gasteiger partial charge >= 0.3 is 0 Å². The van der Waals surface area contributed by atoms with Crippen LogP contribution in [-0.4, -0.2) is 16.5 Å². The third-order valence-corrected chi connectivity index (χ3v) is 8.52. The summed E-state index contributed by atoms with van der Waals surface area (Å²) < 4.78 is 0. The van der Waals surface area contributed by atoms with E-state index in [0.717, 1.165) is 56.3 Å². The minimum Gasteiger partial charge on any atom is -0.389 e. The molecule has 0 aliphatic heterocycles. The van der Waals surface area contributed by atoms with Crippen LogP contribution in [0.3, 0.4) is 0 Å². The Morgan fingerprint density at radius 1 is 1.04 bits per heavy atom. The number of aliphatic hydroxyl groups is 1. The first-order chi connectivity index (χ1) is 11.0. The molecule has 0 heterocycles. The highest BCUT2D eigenvalue weighted by Crippen LogP contribution is 2.66. The Kier molecular flexibility index (Phi) is 3.75. The van der Waals surface area contributed by atoms with Gasteiger partial charge < -0.3 is 5.11 Å². The lowest BCUT2D eigenvalue weighted by Gasteiger charge is -2.57. The zero-order chi connectivity index (χ0) is 16.2. The van der Waals surface area contributed by atoms with E-state index in [4.69, 9.17) is 0 Å². The van der Waals surface area contributed by atoms with Crippen LogP contribution in [0.15, 0.2) is 11.6 Å². The highest BCUT2D eigenvalue weighted by Gasteiger charge is 2.62. The summed E-state index contributed by atoms with van der Waals surface area (Å²) in [4.78, 5) is 11.8. The van der Waals surface area contributed by atoms with Crippen LogP contribution in [0.2, 0.25) is 0 Å². The Bertz CT molecular complexity index is 536. The summed E-state index contributed by atoms with van der Waals surface area (Å²) in [6.45, 7) is 4.49. The molecule has 0 aromatic carbocycles. The van der Waals surface area contributed by atoms with Crippen LogP contribution in [0, 0.1) is 29.1 Å². The van der Waals surface area contributed by atoms with Crippen LogP contribution in [0.5, 0.6) is 0 Å². The van der Waals surface area contributed by atoms with Gasteiger partial charge in [-0.15, -0.1) is 0 Å². The Morgan fingerprint density at radius 3 is 2.61 bits per heavy atom. The minimum absolute atomic E-state index is 0.175. The number of fused-ring (bicyclic) bond motifs is 5. The van der Waals surface area contributed by atoms with Crippen molar-refractivity contribution in [3.05, 3.63) is 11.6 Å². The fourth-order valence-corrected chi connectivity index (χ4v) is 7.40. The van der Waals surface area contributed by atoms with Gasteiger partial charge in [-0.3, -0.25) is 4.79 Å². The average molecular weight is 316 g/mol. The van der Waals surface area contributed by atoms with Gasteiger partial charge in [-0.1, -0.05) is 19.4 Å². The summed E-state index contributed by atoms with van der Waals surface area (Å²) in [6.07, 6.45) is 13.0. The molecule has 3 fully saturated rings. The van der Waals surface area contributed by atoms with Crippen molar-refractivity contribution in [3.8, 4) is 0 Å². The zero-order valence-electron chi connectivity index (χ0n) is 14.8. The van der Waals surface area contributed by atoms with E-state index < -0.39 is 5.60 Å². The van der Waals surface area contributed by atoms with Gasteiger partial charge in [0.25, 0.3) is 0 Å². The SMILES string of the molecule is CCC12CC[C@H]3[C@@H](CCC4=CC(=O)CC[C@@H]43)[C@@H]1CC[C@@]2(O)CC. The number of hydrogen-bond donors (Lipinski definition) is 1. The predicted octanol–water partition coefficient (Wildman–Crippen LogP) is 4.66. The molecule has 4 rings (SSSR count). The van der Waals surface area contributed by atoms with E-state index in [-0.39, 0.29) is 5.41 Å². The first-order valence-corrected chi connectivity index (χ1v) is 10.0. The van der Waals surface area contributed by atoms with Crippen molar-refractivity contribution < 1.29 is 9.90 Å². The number of carbonyl (C=O) groups excluding carboxylic acids is 1. The molecule has 0 radical (unpaired) electrons. The van der Waals surface area contributed by atoms with E-state index in [1.54, 1.807) is 0 Å². The van der Waals surface area contributed by atoms with E-state index in [9.17, 15) is 9.90 Å². The van der Waals surface area contributed by atoms with E-state index in [1.165, 1.54) is 31.3 Å². The molecule has 0 bridgehead atoms. The number of allylic oxidation sites excluding steroid dienone is 1. The van der Waals surface area contributed by atoms with Gasteiger partial charge in [-0.2, -0.15) is 0 Å². The first kappa shape index (κ1) is 15.9. The first-order valence-electron chi connectivity index (χ1n) is 10.0. The summed E-state index contributed by atoms with van der Waals surface area (Å²) in [5.74, 6) is 3.33. The summed E-state index contributed by atoms with van der Waals surface area (Å²) in [5, 5.41) is 11.3. The number of carbonyl (C=O) groups is 1. The maximum Gasteiger partial charge on any atom is 0.155 e. The normalized spacial score (nSPS) is 49.2. The summed E-state index contributed by atoms with van der Waals surface area (Å²) in [6, 6.07) is 0. The van der Waals surface area contributed by atoms with E-state index >= 15 is 0 Å². The van der Waals surface area contributed by atoms with Crippen LogP contribution in [0.1, 0.15) is 78.1 Å². The molecule has 0 amide bonds. The summed E-state index contributed by atoms with van der Waals surface area (Å²) in [7, 11) is 0. The molecule has 4 aliphatic rings. The molecule has 4 aliphatic carbocycles. The Morgan fingerprint density at radius 2 is 1.87 bits per heavy atom. The van der Waals surface area contributed by atoms with Crippen LogP contribution in [0.25, 0.3) is 0 Å². The van der Waals surface area contributed by atoms with Crippen molar-refractivity contribution in [2.45, 2.75) is 83.7 Å². The fourth-order valence-electron chi connectivity index (χ4n) is 7.40. The number of ketones is 1. The largest absolute Gasteiger partial charge is 0.389 e. The van der Waals surface area contributed by atoms with Gasteiger partial charge in [0.1, 0.15) is 0 Å². The maximum absolute atomic E-state index is 11.8. The smallest absolute Gasteiger partial charge is 0.155 e. The highest BCUT2D eigenvalue weighted by molar-refractivity contribution is 5.91. The Balaban J connectivity index is 1.65. The third kappa shape index (κ3) is 2.06. The quantitative estimate of drug-likeness (QED) is 0.804. The van der Waals surface area contributed by atoms with E-state index in [0.29, 0.717) is 11.7 Å². The molecule has 1 unspecified atom stereocenters. The van der Waals surface area contributed by atoms with Gasteiger partial charge in [-0.05, 0) is 87.5 Å². The minimum atomic E-state index is -0.421. The van der Waals surface area contributed by atoms with E-state index in [1.807, 2.05) is 6.08 Å². The van der Waals surface area contributed by atoms with Crippen molar-refractivity contribution in [1.82, 2.24) is 0 Å². The third-order valence-electron chi connectivity index (χ3n) is 8.52. The molecule has 6 atom stereocenters. The molecular formula is C21H32O2. The van der Waals surface area contributed by atoms with Crippen molar-refractivity contribution in [2.75, 3.05) is 0 Å². The van der Waals surface area contributed by atoms with Crippen molar-refractivity contribution in [2.24, 2.45) is 29.1 Å². The molecule has 0 saturated heterocycles. The van der Waals surface area contributed by atoms with Crippen LogP contribution >= 0.6 is 0 Å². The molecule has 2 heteroatoms. The molecule has 128 valence electrons. The van der Waals surface area contributed by atoms with Gasteiger partial charge in [0.05, 0.1) is 5.60 Å². The summed E-state index contributed by atoms with van der Waals surface area (Å²) >= 11 is 0. The summed E-state index contributed by atoms with van der Waals surface area (Å²) in [5.41, 5.74) is 1.22. The monoisotopic (exact) mass is 316 g/mol. The molecule has 0 aromatic rings.